The van der Waals surface area contributed by atoms with Gasteiger partial charge in [0.05, 0.1) is 0 Å². The van der Waals surface area contributed by atoms with Crippen molar-refractivity contribution < 1.29 is 46.9 Å². The van der Waals surface area contributed by atoms with E-state index in [1.807, 2.05) is 0 Å². The Labute approximate surface area is 218 Å². The van der Waals surface area contributed by atoms with Gasteiger partial charge in [-0.2, -0.15) is 0 Å². The number of ether oxygens (including phenoxy) is 4. The summed E-state index contributed by atoms with van der Waals surface area (Å²) in [6, 6.07) is 7.44. The molecule has 204 valence electrons. The van der Waals surface area contributed by atoms with Gasteiger partial charge in [-0.15, -0.1) is 0 Å². The normalized spacial score (nSPS) is 14.8. The van der Waals surface area contributed by atoms with E-state index in [-0.39, 0.29) is 60.4 Å². The molecule has 1 saturated heterocycles. The van der Waals surface area contributed by atoms with E-state index in [2.05, 4.69) is 0 Å². The summed E-state index contributed by atoms with van der Waals surface area (Å²) in [5, 5.41) is 0. The SMILES string of the molecule is CC(=O)c1ccc(O[C@@H](C)OC(=O)N2CCN(C(=O)O[C@H](C)Oc3ccc(C(C)=O)cc3F)CC2)c(F)c1. The Morgan fingerprint density at radius 2 is 1.03 bits per heavy atom. The van der Waals surface area contributed by atoms with E-state index in [1.165, 1.54) is 61.8 Å². The fraction of sp³-hybridized carbons (Fsp3) is 0.385. The molecule has 0 saturated carbocycles. The van der Waals surface area contributed by atoms with Crippen LogP contribution in [-0.4, -0.2) is 72.3 Å². The van der Waals surface area contributed by atoms with Gasteiger partial charge in [0.25, 0.3) is 0 Å². The van der Waals surface area contributed by atoms with Crippen LogP contribution in [0.2, 0.25) is 0 Å². The Balaban J connectivity index is 1.44. The lowest BCUT2D eigenvalue weighted by Crippen LogP contribution is -2.51. The molecular formula is C26H28F2N2O8. The average molecular weight is 535 g/mol. The highest BCUT2D eigenvalue weighted by molar-refractivity contribution is 5.94. The Hall–Kier alpha value is -4.22. The number of hydrogen-bond donors (Lipinski definition) is 0. The molecule has 0 radical (unpaired) electrons. The molecule has 12 heteroatoms. The zero-order valence-corrected chi connectivity index (χ0v) is 21.4. The molecule has 10 nitrogen and oxygen atoms in total. The van der Waals surface area contributed by atoms with Gasteiger partial charge in [0.15, 0.2) is 34.7 Å². The van der Waals surface area contributed by atoms with E-state index >= 15 is 0 Å². The lowest BCUT2D eigenvalue weighted by atomic mass is 10.1. The predicted molar refractivity (Wildman–Crippen MR) is 129 cm³/mol. The van der Waals surface area contributed by atoms with Crippen LogP contribution in [0.25, 0.3) is 0 Å². The minimum absolute atomic E-state index is 0.138. The lowest BCUT2D eigenvalue weighted by molar-refractivity contribution is -0.0494. The molecule has 0 aromatic heterocycles. The molecule has 0 aliphatic carbocycles. The van der Waals surface area contributed by atoms with E-state index in [0.29, 0.717) is 0 Å². The topological polar surface area (TPSA) is 112 Å². The van der Waals surface area contributed by atoms with Crippen LogP contribution >= 0.6 is 0 Å². The van der Waals surface area contributed by atoms with Crippen LogP contribution in [0.15, 0.2) is 36.4 Å². The number of rotatable bonds is 8. The molecule has 2 aromatic carbocycles. The highest BCUT2D eigenvalue weighted by atomic mass is 19.1. The fourth-order valence-corrected chi connectivity index (χ4v) is 3.54. The summed E-state index contributed by atoms with van der Waals surface area (Å²) >= 11 is 0. The van der Waals surface area contributed by atoms with Crippen LogP contribution in [0, 0.1) is 11.6 Å². The number of hydrogen-bond acceptors (Lipinski definition) is 8. The second-order valence-corrected chi connectivity index (χ2v) is 8.52. The first-order valence-electron chi connectivity index (χ1n) is 11.8. The molecule has 38 heavy (non-hydrogen) atoms. The van der Waals surface area contributed by atoms with Gasteiger partial charge >= 0.3 is 12.2 Å². The van der Waals surface area contributed by atoms with Crippen LogP contribution in [0.1, 0.15) is 48.4 Å². The van der Waals surface area contributed by atoms with Gasteiger partial charge in [0.1, 0.15) is 0 Å². The first-order valence-corrected chi connectivity index (χ1v) is 11.8. The van der Waals surface area contributed by atoms with Gasteiger partial charge in [0, 0.05) is 51.2 Å². The van der Waals surface area contributed by atoms with Crippen molar-refractivity contribution in [3.63, 3.8) is 0 Å². The van der Waals surface area contributed by atoms with Crippen LogP contribution in [0.4, 0.5) is 18.4 Å². The minimum Gasteiger partial charge on any atom is -0.452 e. The Morgan fingerprint density at radius 3 is 1.32 bits per heavy atom. The monoisotopic (exact) mass is 534 g/mol. The van der Waals surface area contributed by atoms with Gasteiger partial charge in [-0.3, -0.25) is 9.59 Å². The zero-order chi connectivity index (χ0) is 28.0. The van der Waals surface area contributed by atoms with E-state index < -0.39 is 36.4 Å². The second-order valence-electron chi connectivity index (χ2n) is 8.52. The Bertz CT molecular complexity index is 1120. The van der Waals surface area contributed by atoms with Crippen LogP contribution in [-0.2, 0) is 9.47 Å². The number of ketones is 2. The summed E-state index contributed by atoms with van der Waals surface area (Å²) in [6.07, 6.45) is -3.67. The molecule has 2 atom stereocenters. The first kappa shape index (κ1) is 28.4. The van der Waals surface area contributed by atoms with Gasteiger partial charge in [-0.25, -0.2) is 18.4 Å². The van der Waals surface area contributed by atoms with E-state index in [0.717, 1.165) is 12.1 Å². The van der Waals surface area contributed by atoms with Crippen LogP contribution in [0.3, 0.4) is 0 Å². The number of amides is 2. The summed E-state index contributed by atoms with van der Waals surface area (Å²) in [4.78, 5) is 50.3. The minimum atomic E-state index is -1.12. The third kappa shape index (κ3) is 7.40. The van der Waals surface area contributed by atoms with Crippen LogP contribution in [0.5, 0.6) is 11.5 Å². The summed E-state index contributed by atoms with van der Waals surface area (Å²) in [5.41, 5.74) is 0.375. The number of benzene rings is 2. The van der Waals surface area contributed by atoms with E-state index in [1.54, 1.807) is 0 Å². The van der Waals surface area contributed by atoms with Crippen molar-refractivity contribution in [3.05, 3.63) is 59.2 Å². The van der Waals surface area contributed by atoms with E-state index in [4.69, 9.17) is 18.9 Å². The maximum atomic E-state index is 14.1. The zero-order valence-electron chi connectivity index (χ0n) is 21.4. The largest absolute Gasteiger partial charge is 0.452 e. The van der Waals surface area contributed by atoms with Gasteiger partial charge in [-0.05, 0) is 50.2 Å². The maximum Gasteiger partial charge on any atom is 0.412 e. The van der Waals surface area contributed by atoms with Crippen molar-refractivity contribution >= 4 is 23.8 Å². The number of piperazine rings is 1. The molecule has 1 aliphatic heterocycles. The summed E-state index contributed by atoms with van der Waals surface area (Å²) < 4.78 is 49.3. The molecule has 2 amide bonds. The van der Waals surface area contributed by atoms with Crippen LogP contribution < -0.4 is 9.47 Å². The van der Waals surface area contributed by atoms with Crippen molar-refractivity contribution in [2.45, 2.75) is 40.3 Å². The third-order valence-electron chi connectivity index (χ3n) is 5.59. The number of carbonyl (C=O) groups excluding carboxylic acids is 4. The molecule has 1 fully saturated rings. The molecule has 0 spiro atoms. The molecule has 0 bridgehead atoms. The summed E-state index contributed by atoms with van der Waals surface area (Å²) in [6.45, 7) is 6.01. The first-order chi connectivity index (χ1) is 17.9. The lowest BCUT2D eigenvalue weighted by Gasteiger charge is -2.34. The summed E-state index contributed by atoms with van der Waals surface area (Å²) in [7, 11) is 0. The molecule has 0 N–H and O–H groups in total. The molecular weight excluding hydrogens is 506 g/mol. The van der Waals surface area contributed by atoms with Crippen molar-refractivity contribution in [1.29, 1.82) is 0 Å². The van der Waals surface area contributed by atoms with Crippen molar-refractivity contribution in [2.75, 3.05) is 26.2 Å². The smallest absolute Gasteiger partial charge is 0.412 e. The van der Waals surface area contributed by atoms with Gasteiger partial charge in [0.2, 0.25) is 12.6 Å². The van der Waals surface area contributed by atoms with Gasteiger partial charge in [-0.1, -0.05) is 0 Å². The highest BCUT2D eigenvalue weighted by Crippen LogP contribution is 2.22. The summed E-state index contributed by atoms with van der Waals surface area (Å²) in [5.74, 6) is -2.46. The molecule has 2 aromatic rings. The third-order valence-corrected chi connectivity index (χ3v) is 5.59. The number of Topliss-reactive ketones (excluding diaryl/α,β-unsaturated/α-hetero) is 2. The Kier molecular flexibility index (Phi) is 9.21. The number of carbonyl (C=O) groups is 4. The highest BCUT2D eigenvalue weighted by Gasteiger charge is 2.28. The molecule has 1 aliphatic rings. The number of nitrogens with zero attached hydrogens (tertiary/aromatic N) is 2. The molecule has 1 heterocycles. The standard InChI is InChI=1S/C26H28F2N2O8/c1-15(31)19-5-7-23(21(27)13-19)35-17(3)37-25(33)29-9-11-30(12-10-29)26(34)38-18(4)36-24-8-6-20(16(2)32)14-22(24)28/h5-8,13-14,17-18H,9-12H2,1-4H3/t17-,18-/m1/s1. The van der Waals surface area contributed by atoms with Crippen molar-refractivity contribution in [2.24, 2.45) is 0 Å². The van der Waals surface area contributed by atoms with Gasteiger partial charge < -0.3 is 28.7 Å². The van der Waals surface area contributed by atoms with E-state index in [9.17, 15) is 28.0 Å². The van der Waals surface area contributed by atoms with Crippen molar-refractivity contribution in [3.8, 4) is 11.5 Å². The quantitative estimate of drug-likeness (QED) is 0.362. The average Bonchev–Trinajstić information content (AvgIpc) is 2.86. The predicted octanol–water partition coefficient (Wildman–Crippen LogP) is 4.41. The fourth-order valence-electron chi connectivity index (χ4n) is 3.54. The Morgan fingerprint density at radius 1 is 0.684 bits per heavy atom. The second kappa shape index (κ2) is 12.3. The molecule has 3 rings (SSSR count). The molecule has 0 unspecified atom stereocenters. The number of halogens is 2. The maximum absolute atomic E-state index is 14.1. The van der Waals surface area contributed by atoms with Crippen molar-refractivity contribution in [1.82, 2.24) is 9.80 Å².